The number of benzene rings is 1. The average molecular weight is 295 g/mol. The normalized spacial score (nSPS) is 13.5. The number of hydrogen-bond acceptors (Lipinski definition) is 4. The first-order valence-corrected chi connectivity index (χ1v) is 7.30. The summed E-state index contributed by atoms with van der Waals surface area (Å²) >= 11 is 0. The SMILES string of the molecule is CCOc1cccc(OCCCCC(C)(NC)C(=O)O)c1. The standard InChI is InChI=1S/C16H25NO4/c1-4-20-13-8-7-9-14(12-13)21-11-6-5-10-16(2,17-3)15(18)19/h7-9,12,17H,4-6,10-11H2,1-3H3,(H,18,19). The zero-order chi connectivity index (χ0) is 15.7. The van der Waals surface area contributed by atoms with Crippen LogP contribution >= 0.6 is 0 Å². The summed E-state index contributed by atoms with van der Waals surface area (Å²) in [6.07, 6.45) is 2.17. The van der Waals surface area contributed by atoms with E-state index in [0.717, 1.165) is 24.3 Å². The Bertz CT molecular complexity index is 450. The molecule has 0 spiro atoms. The molecule has 118 valence electrons. The summed E-state index contributed by atoms with van der Waals surface area (Å²) in [6.45, 7) is 4.83. The van der Waals surface area contributed by atoms with Crippen LogP contribution in [-0.4, -0.2) is 36.9 Å². The van der Waals surface area contributed by atoms with Crippen LogP contribution < -0.4 is 14.8 Å². The molecule has 5 heteroatoms. The van der Waals surface area contributed by atoms with Crippen molar-refractivity contribution in [3.63, 3.8) is 0 Å². The number of nitrogens with one attached hydrogen (secondary N) is 1. The molecule has 0 fully saturated rings. The molecule has 0 aliphatic carbocycles. The van der Waals surface area contributed by atoms with E-state index in [0.29, 0.717) is 19.6 Å². The molecule has 0 saturated carbocycles. The minimum Gasteiger partial charge on any atom is -0.494 e. The Morgan fingerprint density at radius 1 is 1.29 bits per heavy atom. The third-order valence-electron chi connectivity index (χ3n) is 3.48. The first-order chi connectivity index (χ1) is 10.0. The Labute approximate surface area is 126 Å². The topological polar surface area (TPSA) is 67.8 Å². The molecule has 1 aromatic carbocycles. The minimum atomic E-state index is -0.866. The van der Waals surface area contributed by atoms with Gasteiger partial charge >= 0.3 is 5.97 Å². The number of carboxylic acids is 1. The van der Waals surface area contributed by atoms with E-state index in [1.54, 1.807) is 14.0 Å². The highest BCUT2D eigenvalue weighted by Gasteiger charge is 2.29. The first kappa shape index (κ1) is 17.3. The van der Waals surface area contributed by atoms with Gasteiger partial charge in [0.2, 0.25) is 0 Å². The molecular weight excluding hydrogens is 270 g/mol. The molecule has 2 N–H and O–H groups in total. The molecule has 0 aliphatic heterocycles. The van der Waals surface area contributed by atoms with E-state index in [9.17, 15) is 4.79 Å². The largest absolute Gasteiger partial charge is 0.494 e. The highest BCUT2D eigenvalue weighted by molar-refractivity contribution is 5.78. The predicted molar refractivity (Wildman–Crippen MR) is 82.1 cm³/mol. The summed E-state index contributed by atoms with van der Waals surface area (Å²) in [5.74, 6) is 0.745. The van der Waals surface area contributed by atoms with Crippen LogP contribution in [0.25, 0.3) is 0 Å². The minimum absolute atomic E-state index is 0.564. The summed E-state index contributed by atoms with van der Waals surface area (Å²) in [4.78, 5) is 11.1. The molecule has 0 aromatic heterocycles. The van der Waals surface area contributed by atoms with Crippen molar-refractivity contribution in [2.45, 2.75) is 38.6 Å². The molecule has 0 radical (unpaired) electrons. The maximum atomic E-state index is 11.1. The van der Waals surface area contributed by atoms with E-state index in [1.165, 1.54) is 0 Å². The average Bonchev–Trinajstić information content (AvgIpc) is 2.47. The number of ether oxygens (including phenoxy) is 2. The van der Waals surface area contributed by atoms with E-state index < -0.39 is 11.5 Å². The zero-order valence-electron chi connectivity index (χ0n) is 13.0. The molecule has 21 heavy (non-hydrogen) atoms. The van der Waals surface area contributed by atoms with E-state index >= 15 is 0 Å². The van der Waals surface area contributed by atoms with Gasteiger partial charge in [-0.15, -0.1) is 0 Å². The summed E-state index contributed by atoms with van der Waals surface area (Å²) in [5, 5.41) is 12.0. The number of rotatable bonds is 10. The smallest absolute Gasteiger partial charge is 0.323 e. The van der Waals surface area contributed by atoms with E-state index in [1.807, 2.05) is 31.2 Å². The summed E-state index contributed by atoms with van der Waals surface area (Å²) < 4.78 is 11.1. The molecule has 1 unspecified atom stereocenters. The van der Waals surface area contributed by atoms with Gasteiger partial charge < -0.3 is 19.9 Å². The molecule has 0 aliphatic rings. The number of carboxylic acid groups (broad SMARTS) is 1. The van der Waals surface area contributed by atoms with Gasteiger partial charge in [-0.3, -0.25) is 4.79 Å². The Balaban J connectivity index is 2.31. The molecular formula is C16H25NO4. The third-order valence-corrected chi connectivity index (χ3v) is 3.48. The van der Waals surface area contributed by atoms with Gasteiger partial charge in [0, 0.05) is 6.07 Å². The van der Waals surface area contributed by atoms with Gasteiger partial charge in [-0.2, -0.15) is 0 Å². The Morgan fingerprint density at radius 2 is 1.95 bits per heavy atom. The zero-order valence-corrected chi connectivity index (χ0v) is 13.0. The molecule has 1 atom stereocenters. The maximum Gasteiger partial charge on any atom is 0.323 e. The van der Waals surface area contributed by atoms with Gasteiger partial charge in [0.15, 0.2) is 0 Å². The lowest BCUT2D eigenvalue weighted by molar-refractivity contribution is -0.144. The lowest BCUT2D eigenvalue weighted by atomic mass is 9.95. The van der Waals surface area contributed by atoms with Gasteiger partial charge in [0.25, 0.3) is 0 Å². The van der Waals surface area contributed by atoms with E-state index in [4.69, 9.17) is 14.6 Å². The number of unbranched alkanes of at least 4 members (excludes halogenated alkanes) is 1. The fraction of sp³-hybridized carbons (Fsp3) is 0.562. The van der Waals surface area contributed by atoms with Crippen LogP contribution in [0.15, 0.2) is 24.3 Å². The second kappa shape index (κ2) is 8.52. The van der Waals surface area contributed by atoms with Crippen LogP contribution in [0.1, 0.15) is 33.1 Å². The number of carbonyl (C=O) groups is 1. The second-order valence-corrected chi connectivity index (χ2v) is 5.10. The van der Waals surface area contributed by atoms with E-state index in [-0.39, 0.29) is 0 Å². The number of aliphatic carboxylic acids is 1. The van der Waals surface area contributed by atoms with Crippen molar-refractivity contribution in [3.05, 3.63) is 24.3 Å². The third kappa shape index (κ3) is 5.63. The first-order valence-electron chi connectivity index (χ1n) is 7.30. The van der Waals surface area contributed by atoms with Crippen LogP contribution in [0.5, 0.6) is 11.5 Å². The van der Waals surface area contributed by atoms with Crippen molar-refractivity contribution in [2.24, 2.45) is 0 Å². The van der Waals surface area contributed by atoms with Gasteiger partial charge in [0.1, 0.15) is 17.0 Å². The highest BCUT2D eigenvalue weighted by Crippen LogP contribution is 2.20. The fourth-order valence-corrected chi connectivity index (χ4v) is 1.93. The molecule has 5 nitrogen and oxygen atoms in total. The van der Waals surface area contributed by atoms with Gasteiger partial charge in [-0.1, -0.05) is 6.07 Å². The number of likely N-dealkylation sites (N-methyl/N-ethyl adjacent to an activating group) is 1. The fourth-order valence-electron chi connectivity index (χ4n) is 1.93. The molecule has 0 bridgehead atoms. The Hall–Kier alpha value is -1.75. The lowest BCUT2D eigenvalue weighted by Gasteiger charge is -2.23. The molecule has 1 rings (SSSR count). The maximum absolute atomic E-state index is 11.1. The summed E-state index contributed by atoms with van der Waals surface area (Å²) in [7, 11) is 1.67. The van der Waals surface area contributed by atoms with Crippen LogP contribution in [0.2, 0.25) is 0 Å². The number of hydrogen-bond donors (Lipinski definition) is 2. The van der Waals surface area contributed by atoms with Crippen LogP contribution in [0, 0.1) is 0 Å². The molecule has 0 heterocycles. The summed E-state index contributed by atoms with van der Waals surface area (Å²) in [6, 6.07) is 7.53. The van der Waals surface area contributed by atoms with Crippen LogP contribution in [0.4, 0.5) is 0 Å². The van der Waals surface area contributed by atoms with Gasteiger partial charge in [-0.05, 0) is 52.3 Å². The molecule has 1 aromatic rings. The molecule has 0 amide bonds. The predicted octanol–water partition coefficient (Wildman–Crippen LogP) is 2.70. The van der Waals surface area contributed by atoms with Crippen molar-refractivity contribution in [1.82, 2.24) is 5.32 Å². The molecule has 0 saturated heterocycles. The van der Waals surface area contributed by atoms with Gasteiger partial charge in [-0.25, -0.2) is 0 Å². The quantitative estimate of drug-likeness (QED) is 0.650. The van der Waals surface area contributed by atoms with Gasteiger partial charge in [0.05, 0.1) is 13.2 Å². The second-order valence-electron chi connectivity index (χ2n) is 5.10. The van der Waals surface area contributed by atoms with Crippen LogP contribution in [-0.2, 0) is 4.79 Å². The Morgan fingerprint density at radius 3 is 2.52 bits per heavy atom. The monoisotopic (exact) mass is 295 g/mol. The Kier molecular flexibility index (Phi) is 7.02. The highest BCUT2D eigenvalue weighted by atomic mass is 16.5. The van der Waals surface area contributed by atoms with Crippen LogP contribution in [0.3, 0.4) is 0 Å². The van der Waals surface area contributed by atoms with Crippen molar-refractivity contribution < 1.29 is 19.4 Å². The lowest BCUT2D eigenvalue weighted by Crippen LogP contribution is -2.47. The summed E-state index contributed by atoms with van der Waals surface area (Å²) in [5.41, 5.74) is -0.866. The van der Waals surface area contributed by atoms with Crippen molar-refractivity contribution >= 4 is 5.97 Å². The van der Waals surface area contributed by atoms with Crippen molar-refractivity contribution in [2.75, 3.05) is 20.3 Å². The van der Waals surface area contributed by atoms with E-state index in [2.05, 4.69) is 5.32 Å². The van der Waals surface area contributed by atoms with Crippen molar-refractivity contribution in [1.29, 1.82) is 0 Å². The van der Waals surface area contributed by atoms with Crippen molar-refractivity contribution in [3.8, 4) is 11.5 Å².